The Morgan fingerprint density at radius 2 is 0.968 bits per heavy atom. The summed E-state index contributed by atoms with van der Waals surface area (Å²) in [6.45, 7) is 21.3. The van der Waals surface area contributed by atoms with Gasteiger partial charge in [-0.15, -0.1) is 93.3 Å². The first-order valence-corrected chi connectivity index (χ1v) is 42.8. The maximum absolute atomic E-state index is 16.2. The number of hydrogen-bond acceptors (Lipinski definition) is 12. The number of aromatic nitrogens is 2. The van der Waals surface area contributed by atoms with Gasteiger partial charge in [0, 0.05) is 74.3 Å². The van der Waals surface area contributed by atoms with Gasteiger partial charge in [0.05, 0.1) is 32.3 Å². The molecule has 2 amide bonds. The van der Waals surface area contributed by atoms with Crippen molar-refractivity contribution < 1.29 is 9.59 Å². The topological polar surface area (TPSA) is 66.4 Å². The third kappa shape index (κ3) is 22.1. The highest BCUT2D eigenvalue weighted by atomic mass is 32.1. The normalized spacial score (nSPS) is 14.9. The van der Waals surface area contributed by atoms with E-state index in [0.717, 1.165) is 102 Å². The molecule has 0 aliphatic carbocycles. The predicted molar refractivity (Wildman–Crippen MR) is 430 cm³/mol. The van der Waals surface area contributed by atoms with Gasteiger partial charge in [0.15, 0.2) is 0 Å². The SMILES string of the molecule is CC=C(/C=C(\S)c1cnc(C2=C3C(=O)N(CC(CCCCCC)CCCCCCCC)C(c4ncc(-c5cc(CC)c(-c6ccc(-c7ccc(/C=C(/C=C(\S)c8ccc(C)s8)CCCCCC)s7)s6)s5)s4)=C3C(=O)N2CC(CCCCCC)CCCCCCCC)s1)CCC. The van der Waals surface area contributed by atoms with Gasteiger partial charge >= 0.3 is 0 Å². The van der Waals surface area contributed by atoms with Gasteiger partial charge in [-0.2, -0.15) is 0 Å². The molecule has 6 aromatic rings. The molecule has 6 nitrogen and oxygen atoms in total. The van der Waals surface area contributed by atoms with E-state index in [-0.39, 0.29) is 11.8 Å². The summed E-state index contributed by atoms with van der Waals surface area (Å²) >= 11 is 20.7. The van der Waals surface area contributed by atoms with E-state index in [2.05, 4.69) is 129 Å². The number of nitrogens with zero attached hydrogens (tertiary/aromatic N) is 4. The van der Waals surface area contributed by atoms with Crippen LogP contribution in [0.5, 0.6) is 0 Å². The molecule has 8 rings (SSSR count). The molecule has 0 radical (unpaired) electrons. The van der Waals surface area contributed by atoms with Crippen molar-refractivity contribution in [2.24, 2.45) is 11.8 Å². The van der Waals surface area contributed by atoms with Crippen molar-refractivity contribution >= 4 is 132 Å². The molecule has 0 saturated carbocycles. The zero-order valence-electron chi connectivity index (χ0n) is 59.2. The largest absolute Gasteiger partial charge is 0.304 e. The molecule has 516 valence electrons. The van der Waals surface area contributed by atoms with Crippen LogP contribution < -0.4 is 0 Å². The third-order valence-corrected chi connectivity index (χ3v) is 26.9. The second-order valence-electron chi connectivity index (χ2n) is 26.7. The van der Waals surface area contributed by atoms with Crippen LogP contribution in [0, 0.1) is 18.8 Å². The Kier molecular flexibility index (Phi) is 33.2. The van der Waals surface area contributed by atoms with Crippen molar-refractivity contribution in [3.8, 4) is 29.3 Å². The molecule has 95 heavy (non-hydrogen) atoms. The van der Waals surface area contributed by atoms with Crippen LogP contribution in [-0.4, -0.2) is 44.7 Å². The minimum atomic E-state index is -0.0724. The molecule has 0 spiro atoms. The monoisotopic (exact) mass is 1430 g/mol. The van der Waals surface area contributed by atoms with Crippen LogP contribution in [0.1, 0.15) is 290 Å². The standard InChI is InChI=1S/C81H112N4O2S8/c1-10-18-23-28-30-35-40-59(38-32-25-20-12-3)55-84-75(78-82-53-71(94-78)65(89)50-58(16-7)37-15-6)73-74(81(84)87)76(85(80(73)86)56-60(39-33-26-21-13-4)41-36-31-29-24-19-11-2)79-83-54-72(95-79)70-52-62(17-8)77(93-70)69-48-47-68(92-69)67-46-44-63(91-67)49-61(42-34-27-22-14-5)51-64(88)66-45-43-57(9)90-66/h16,43-54,59-60,88-89H,10-15,17-42,55-56H2,1-9H3/b58-16?,61-49+,64-51-,65-50-. The highest BCUT2D eigenvalue weighted by molar-refractivity contribution is 7.91. The minimum Gasteiger partial charge on any atom is -0.304 e. The molecule has 0 N–H and O–H groups in total. The Morgan fingerprint density at radius 3 is 1.52 bits per heavy atom. The molecular formula is C81H112N4O2S8. The van der Waals surface area contributed by atoms with Crippen LogP contribution in [0.2, 0.25) is 0 Å². The van der Waals surface area contributed by atoms with Crippen molar-refractivity contribution in [2.45, 2.75) is 268 Å². The Hall–Kier alpha value is -3.86. The van der Waals surface area contributed by atoms with E-state index in [1.807, 2.05) is 56.2 Å². The molecule has 0 bridgehead atoms. The maximum Gasteiger partial charge on any atom is 0.261 e. The number of fused-ring (bicyclic) bond motifs is 1. The molecular weight excluding hydrogens is 1320 g/mol. The lowest BCUT2D eigenvalue weighted by atomic mass is 9.93. The number of thiazole rings is 2. The van der Waals surface area contributed by atoms with Crippen molar-refractivity contribution in [2.75, 3.05) is 13.1 Å². The lowest BCUT2D eigenvalue weighted by molar-refractivity contribution is -0.124. The van der Waals surface area contributed by atoms with E-state index in [9.17, 15) is 0 Å². The average molecular weight is 1430 g/mol. The molecule has 2 unspecified atom stereocenters. The summed E-state index contributed by atoms with van der Waals surface area (Å²) in [7, 11) is 0. The van der Waals surface area contributed by atoms with Crippen molar-refractivity contribution in [1.82, 2.24) is 19.8 Å². The molecule has 2 aliphatic heterocycles. The first-order valence-electron chi connectivity index (χ1n) is 37.0. The van der Waals surface area contributed by atoms with Gasteiger partial charge in [0.2, 0.25) is 0 Å². The van der Waals surface area contributed by atoms with E-state index in [1.165, 1.54) is 184 Å². The fraction of sp³-hybridized carbons (Fsp3) is 0.556. The summed E-state index contributed by atoms with van der Waals surface area (Å²) in [6, 6.07) is 15.9. The Bertz CT molecular complexity index is 3550. The van der Waals surface area contributed by atoms with E-state index in [0.29, 0.717) is 52.5 Å². The highest BCUT2D eigenvalue weighted by Crippen LogP contribution is 2.52. The van der Waals surface area contributed by atoms with Gasteiger partial charge < -0.3 is 9.80 Å². The summed E-state index contributed by atoms with van der Waals surface area (Å²) in [5.74, 6) is 0.451. The van der Waals surface area contributed by atoms with Crippen LogP contribution in [-0.2, 0) is 16.0 Å². The van der Waals surface area contributed by atoms with Crippen LogP contribution >= 0.6 is 93.3 Å². The van der Waals surface area contributed by atoms with Gasteiger partial charge in [0.25, 0.3) is 11.8 Å². The lowest BCUT2D eigenvalue weighted by Gasteiger charge is -2.29. The molecule has 6 aromatic heterocycles. The Labute approximate surface area is 609 Å². The number of allylic oxidation sites excluding steroid dienone is 5. The van der Waals surface area contributed by atoms with Crippen LogP contribution in [0.4, 0.5) is 0 Å². The number of rotatable bonds is 46. The Balaban J connectivity index is 1.19. The quantitative estimate of drug-likeness (QED) is 0.0227. The van der Waals surface area contributed by atoms with Crippen LogP contribution in [0.25, 0.3) is 56.5 Å². The number of amides is 2. The number of carbonyl (C=O) groups is 2. The summed E-state index contributed by atoms with van der Waals surface area (Å²) in [4.78, 5) is 61.0. The highest BCUT2D eigenvalue weighted by Gasteiger charge is 2.51. The molecule has 2 aliphatic rings. The van der Waals surface area contributed by atoms with Gasteiger partial charge in [-0.1, -0.05) is 214 Å². The van der Waals surface area contributed by atoms with E-state index in [4.69, 9.17) is 35.2 Å². The summed E-state index contributed by atoms with van der Waals surface area (Å²) in [6.07, 6.45) is 50.3. The zero-order valence-corrected chi connectivity index (χ0v) is 65.8. The second kappa shape index (κ2) is 41.0. The number of aryl methyl sites for hydroxylation is 2. The number of hydrogen-bond donors (Lipinski definition) is 2. The minimum absolute atomic E-state index is 0.0724. The molecule has 0 saturated heterocycles. The van der Waals surface area contributed by atoms with Gasteiger partial charge in [0.1, 0.15) is 10.0 Å². The van der Waals surface area contributed by atoms with Gasteiger partial charge in [-0.3, -0.25) is 9.59 Å². The Morgan fingerprint density at radius 1 is 0.474 bits per heavy atom. The van der Waals surface area contributed by atoms with E-state index >= 15 is 9.59 Å². The number of thiophene rings is 4. The van der Waals surface area contributed by atoms with Crippen molar-refractivity contribution in [1.29, 1.82) is 0 Å². The van der Waals surface area contributed by atoms with Crippen molar-refractivity contribution in [3.63, 3.8) is 0 Å². The predicted octanol–water partition coefficient (Wildman–Crippen LogP) is 27.5. The second-order valence-corrected chi connectivity index (χ2v) is 34.2. The first-order chi connectivity index (χ1) is 46.4. The number of unbranched alkanes of at least 4 members (excludes halogenated alkanes) is 19. The summed E-state index contributed by atoms with van der Waals surface area (Å²) < 4.78 is 0. The van der Waals surface area contributed by atoms with Gasteiger partial charge in [-0.25, -0.2) is 9.97 Å². The fourth-order valence-electron chi connectivity index (χ4n) is 13.5. The van der Waals surface area contributed by atoms with E-state index in [1.54, 1.807) is 34.0 Å². The van der Waals surface area contributed by atoms with Crippen molar-refractivity contribution in [3.05, 3.63) is 130 Å². The molecule has 0 fully saturated rings. The smallest absolute Gasteiger partial charge is 0.261 e. The number of thiol groups is 2. The summed E-state index contributed by atoms with van der Waals surface area (Å²) in [5.41, 5.74) is 6.32. The van der Waals surface area contributed by atoms with Crippen LogP contribution in [0.3, 0.4) is 0 Å². The summed E-state index contributed by atoms with van der Waals surface area (Å²) in [5, 5.41) is 1.46. The van der Waals surface area contributed by atoms with Crippen LogP contribution in [0.15, 0.2) is 95.4 Å². The zero-order chi connectivity index (χ0) is 67.5. The number of carbonyl (C=O) groups excluding carboxylic acids is 2. The molecule has 0 aromatic carbocycles. The van der Waals surface area contributed by atoms with Gasteiger partial charge in [-0.05, 0) is 149 Å². The lowest BCUT2D eigenvalue weighted by Crippen LogP contribution is -2.35. The molecule has 8 heterocycles. The fourth-order valence-corrected chi connectivity index (χ4v) is 20.4. The van der Waals surface area contributed by atoms with E-state index < -0.39 is 0 Å². The molecule has 14 heteroatoms. The molecule has 2 atom stereocenters. The first kappa shape index (κ1) is 76.9. The average Bonchev–Trinajstić information content (AvgIpc) is 1.55. The maximum atomic E-state index is 16.2. The third-order valence-electron chi connectivity index (χ3n) is 18.9.